The molecule has 3 radical (unpaired) electrons. The number of hydrogen-bond donors (Lipinski definition) is 6. The molecule has 0 unspecified atom stereocenters. The molecular formula is C96H142BN7NaO38PSi3-. The van der Waals surface area contributed by atoms with Crippen LogP contribution in [0.2, 0.25) is 58.9 Å². The maximum atomic E-state index is 11.6. The summed E-state index contributed by atoms with van der Waals surface area (Å²) in [5, 5.41) is 111. The third kappa shape index (κ3) is 63.6. The van der Waals surface area contributed by atoms with Crippen molar-refractivity contribution in [3.05, 3.63) is 163 Å². The van der Waals surface area contributed by atoms with E-state index in [0.29, 0.717) is 183 Å². The number of rotatable bonds is 58. The Labute approximate surface area is 887 Å². The SMILES string of the molecule is CC(C)NC(C)C.COc1cc(C=O)c([N+](=O)[O-])cc1OCCCCCC(=O)O.COc1cc(C=O)c([N+](=O)[O-])cc1OCCCCCC(=O)O.COc1cc(C=O)c([N+](=O)[O-])cc1OCCCCCC(=O)O[Si](C)(C)C.COc1cc(C=O)ccc1O.COc1cc(CO)c([N+](=O)[O-])cc1OCCCCCC(=O)O[Si](C)(C)C.COc1cc(CO)c([N+](=O)[O-])cc1OCCCCCC(=O)O[Si](C)(C)C.N#CCC[PH-].[B].[H-].[Na+]. The quantitative estimate of drug-likeness (QED) is 0.00516. The first-order valence-electron chi connectivity index (χ1n) is 46.0. The van der Waals surface area contributed by atoms with Crippen LogP contribution in [0.5, 0.6) is 69.0 Å². The topological polar surface area (TPSA) is 636 Å². The number of ether oxygens (including phenoxy) is 11. The number of nitro benzene ring substituents is 5. The van der Waals surface area contributed by atoms with E-state index < -0.39 is 74.7 Å². The number of benzene rings is 6. The van der Waals surface area contributed by atoms with Gasteiger partial charge in [-0.3, -0.25) is 93.7 Å². The van der Waals surface area contributed by atoms with Crippen molar-refractivity contribution in [1.82, 2.24) is 5.32 Å². The minimum Gasteiger partial charge on any atom is -1.00 e. The Morgan fingerprint density at radius 2 is 0.633 bits per heavy atom. The first-order chi connectivity index (χ1) is 68.3. The molecule has 0 bridgehead atoms. The van der Waals surface area contributed by atoms with Crippen molar-refractivity contribution in [2.24, 2.45) is 0 Å². The van der Waals surface area contributed by atoms with E-state index in [-0.39, 0.29) is 191 Å². The number of phenolic OH excluding ortho intramolecular Hbond substituents is 1. The molecule has 51 heteroatoms. The number of carboxylic acid groups (broad SMARTS) is 2. The Bertz CT molecular complexity index is 4910. The summed E-state index contributed by atoms with van der Waals surface area (Å²) in [5.74, 6) is 0.640. The largest absolute Gasteiger partial charge is 1.00 e. The van der Waals surface area contributed by atoms with E-state index >= 15 is 0 Å². The van der Waals surface area contributed by atoms with Crippen molar-refractivity contribution in [2.45, 2.75) is 247 Å². The molecule has 0 saturated heterocycles. The number of nitrogens with one attached hydrogen (secondary N) is 1. The number of unbranched alkanes of at least 4 members (excludes halogenated alkanes) is 10. The normalized spacial score (nSPS) is 10.3. The van der Waals surface area contributed by atoms with Gasteiger partial charge < -0.3 is 107 Å². The second kappa shape index (κ2) is 78.7. The van der Waals surface area contributed by atoms with Gasteiger partial charge in [0, 0.05) is 82.8 Å². The number of hydrogen-bond acceptors (Lipinski definition) is 38. The van der Waals surface area contributed by atoms with Crippen LogP contribution in [0.15, 0.2) is 78.9 Å². The number of aliphatic carboxylic acids is 2. The molecule has 45 nitrogen and oxygen atoms in total. The van der Waals surface area contributed by atoms with Crippen LogP contribution in [0, 0.1) is 61.9 Å². The molecule has 147 heavy (non-hydrogen) atoms. The van der Waals surface area contributed by atoms with E-state index in [0.717, 1.165) is 37.6 Å². The first-order valence-corrected chi connectivity index (χ1v) is 57.0. The number of nitro groups is 5. The molecule has 6 aromatic carbocycles. The number of methoxy groups -OCH3 is 6. The second-order valence-electron chi connectivity index (χ2n) is 34.4. The summed E-state index contributed by atoms with van der Waals surface area (Å²) in [5.41, 5.74) is -0.876. The summed E-state index contributed by atoms with van der Waals surface area (Å²) in [7, 11) is 6.05. The average molecular weight is 2150 g/mol. The van der Waals surface area contributed by atoms with Crippen LogP contribution in [0.25, 0.3) is 0 Å². The summed E-state index contributed by atoms with van der Waals surface area (Å²) in [6.07, 6.45) is 14.7. The number of phenols is 1. The van der Waals surface area contributed by atoms with Gasteiger partial charge in [-0.05, 0) is 186 Å². The van der Waals surface area contributed by atoms with Gasteiger partial charge in [-0.2, -0.15) is 11.4 Å². The second-order valence-corrected chi connectivity index (χ2v) is 48.2. The zero-order valence-corrected chi connectivity index (χ0v) is 93.4. The molecule has 0 heterocycles. The van der Waals surface area contributed by atoms with Gasteiger partial charge in [0.05, 0.1) is 178 Å². The maximum Gasteiger partial charge on any atom is 1.00 e. The summed E-state index contributed by atoms with van der Waals surface area (Å²) >= 11 is 0. The van der Waals surface area contributed by atoms with Crippen LogP contribution < -0.4 is 87.0 Å². The Balaban J connectivity index is -0.000000543. The summed E-state index contributed by atoms with van der Waals surface area (Å²) in [4.78, 5) is 150. The molecule has 0 amide bonds. The fraction of sp³-hybridized carbons (Fsp3) is 0.521. The number of aldehydes is 4. The predicted molar refractivity (Wildman–Crippen MR) is 553 cm³/mol. The standard InChI is InChI=1S/2C17H27NO7Si.C17H25NO7Si.2C14H17NO7.C8H8O3.C6H15N.C3H5NP.B.Na.H/c3*1-23-15-10-13(12-19)14(18(21)22)11-16(15)24-9-7-5-6-8-17(20)25-26(2,3)4;2*1-21-12-7-10(9-16)11(15(19)20)8-13(12)22-6-4-2-3-5-14(17)18;1-11-8-4-6(5-9)2-3-7(8)10;1-5(2)7-6(3)4;4-2-1-3-5;;;/h2*10-11,19H,5-9,12H2,1-4H3;10-12H,5-9H2,1-4H3;2*7-9H,2-6H2,1H3,(H,17,18);2-5,10H,1H3;5-7H,1-4H3;5H,1,3H2;;;/q;;;;;;;-1;;+1;-1. The van der Waals surface area contributed by atoms with Crippen molar-refractivity contribution < 1.29 is 190 Å². The molecule has 0 saturated carbocycles. The van der Waals surface area contributed by atoms with E-state index in [4.69, 9.17) is 86.0 Å². The predicted octanol–water partition coefficient (Wildman–Crippen LogP) is 15.8. The number of carboxylic acids is 2. The molecule has 0 spiro atoms. The van der Waals surface area contributed by atoms with E-state index in [1.165, 1.54) is 109 Å². The number of aromatic hydroxyl groups is 1. The van der Waals surface area contributed by atoms with Crippen LogP contribution in [-0.2, 0) is 50.5 Å². The molecule has 0 fully saturated rings. The molecule has 6 aromatic rings. The number of aliphatic hydroxyl groups excluding tert-OH is 2. The zero-order chi connectivity index (χ0) is 111. The number of carbonyl (C=O) groups is 9. The summed E-state index contributed by atoms with van der Waals surface area (Å²) in [6, 6.07) is 20.2. The smallest absolute Gasteiger partial charge is 1.00 e. The minimum atomic E-state index is -1.84. The molecule has 6 rings (SSSR count). The van der Waals surface area contributed by atoms with Crippen LogP contribution >= 0.6 is 9.24 Å². The van der Waals surface area contributed by atoms with Gasteiger partial charge >= 0.3 is 41.5 Å². The zero-order valence-electron chi connectivity index (χ0n) is 88.4. The molecular weight excluding hydrogens is 2010 g/mol. The van der Waals surface area contributed by atoms with Gasteiger partial charge in [0.15, 0.2) is 87.9 Å². The Hall–Kier alpha value is -12.5. The third-order valence-electron chi connectivity index (χ3n) is 18.3. The monoisotopic (exact) mass is 2150 g/mol. The molecule has 0 aliphatic heterocycles. The fourth-order valence-electron chi connectivity index (χ4n) is 11.9. The molecule has 0 aliphatic rings. The minimum absolute atomic E-state index is 0. The molecule has 0 aliphatic carbocycles. The Morgan fingerprint density at radius 3 is 0.816 bits per heavy atom. The van der Waals surface area contributed by atoms with E-state index in [1.54, 1.807) is 0 Å². The third-order valence-corrected chi connectivity index (χ3v) is 21.1. The van der Waals surface area contributed by atoms with Crippen molar-refractivity contribution in [3.8, 4) is 75.1 Å². The van der Waals surface area contributed by atoms with Gasteiger partial charge in [0.25, 0.3) is 46.3 Å². The number of nitrogens with zero attached hydrogens (tertiary/aromatic N) is 6. The summed E-state index contributed by atoms with van der Waals surface area (Å²) < 4.78 is 74.0. The van der Waals surface area contributed by atoms with Gasteiger partial charge in [-0.15, -0.1) is 0 Å². The van der Waals surface area contributed by atoms with Crippen molar-refractivity contribution in [1.29, 1.82) is 5.26 Å². The van der Waals surface area contributed by atoms with E-state index in [9.17, 15) is 104 Å². The van der Waals surface area contributed by atoms with Gasteiger partial charge in [-0.1, -0.05) is 27.7 Å². The van der Waals surface area contributed by atoms with E-state index in [2.05, 4.69) is 42.3 Å². The van der Waals surface area contributed by atoms with Gasteiger partial charge in [0.2, 0.25) is 25.0 Å². The maximum absolute atomic E-state index is 11.6. The number of carbonyl (C=O) groups excluding carboxylic acids is 7. The Morgan fingerprint density at radius 1 is 0.388 bits per heavy atom. The van der Waals surface area contributed by atoms with Crippen molar-refractivity contribution >= 4 is 126 Å². The van der Waals surface area contributed by atoms with Crippen LogP contribution in [0.1, 0.15) is 217 Å². The first kappa shape index (κ1) is 141. The Kier molecular flexibility index (Phi) is 75.4. The van der Waals surface area contributed by atoms with Crippen molar-refractivity contribution in [3.63, 3.8) is 0 Å². The fourth-order valence-corrected chi connectivity index (χ4v) is 14.4. The molecule has 811 valence electrons. The number of nitriles is 1. The van der Waals surface area contributed by atoms with Crippen LogP contribution in [-0.4, -0.2) is 232 Å². The molecule has 0 atom stereocenters. The average Bonchev–Trinajstić information content (AvgIpc) is 0.838. The molecule has 6 N–H and O–H groups in total. The van der Waals surface area contributed by atoms with Crippen molar-refractivity contribution in [2.75, 3.05) is 81.9 Å². The van der Waals surface area contributed by atoms with Gasteiger partial charge in [-0.25, -0.2) is 0 Å². The van der Waals surface area contributed by atoms with Crippen LogP contribution in [0.3, 0.4) is 0 Å². The van der Waals surface area contributed by atoms with Gasteiger partial charge in [0.1, 0.15) is 6.29 Å². The van der Waals surface area contributed by atoms with E-state index in [1.807, 2.05) is 65.0 Å². The number of aliphatic hydroxyl groups is 2. The van der Waals surface area contributed by atoms with Crippen LogP contribution in [0.4, 0.5) is 28.4 Å². The summed E-state index contributed by atoms with van der Waals surface area (Å²) in [6.45, 7) is 26.9. The molecule has 0 aromatic heterocycles.